The molecule has 1 heterocycles. The summed E-state index contributed by atoms with van der Waals surface area (Å²) in [5.74, 6) is -8.44. The standard InChI is InChI=1S/C27H26ClN5O8/c1-33(2)17-13-9-10-8-12-15(18(34)14(10)21(37)27(13,41)22(38)16(19(17)35)24(29)39)20(36)25(31-23(12)28)32-26(40)30-11-6-4-3-5-7-11/h3-7,10,13,17,35-37,41H,8-9H2,1-2H3,(H2,29,39)(H2,30,31,32,40)/t10-,13-,17-,27-/m0/s1. The van der Waals surface area contributed by atoms with Crippen LogP contribution in [-0.4, -0.2) is 79.6 Å². The number of nitrogens with one attached hydrogen (secondary N) is 2. The monoisotopic (exact) mass is 583 g/mol. The Hall–Kier alpha value is -4.46. The smallest absolute Gasteiger partial charge is 0.324 e. The fraction of sp³-hybridized carbons (Fsp3) is 0.296. The molecule has 0 spiro atoms. The third-order valence-corrected chi connectivity index (χ3v) is 8.11. The molecular formula is C27H26ClN5O8. The van der Waals surface area contributed by atoms with Crippen LogP contribution >= 0.6 is 11.6 Å². The Balaban J connectivity index is 1.59. The van der Waals surface area contributed by atoms with Crippen molar-refractivity contribution in [2.75, 3.05) is 24.7 Å². The SMILES string of the molecule is CN(C)[C@@H]1C(O)=C(C(N)=O)C(=O)[C@@]2(O)C(O)=C3C(=O)c4c(O)c(NC(=O)Nc5ccccc5)nc(Cl)c4C[C@H]3C[C@@H]12. The number of nitrogens with zero attached hydrogens (tertiary/aromatic N) is 2. The predicted molar refractivity (Wildman–Crippen MR) is 146 cm³/mol. The van der Waals surface area contributed by atoms with E-state index in [2.05, 4.69) is 15.6 Å². The molecule has 3 aliphatic carbocycles. The number of para-hydroxylation sites is 1. The maximum Gasteiger partial charge on any atom is 0.324 e. The lowest BCUT2D eigenvalue weighted by Crippen LogP contribution is -2.63. The molecule has 4 atom stereocenters. The van der Waals surface area contributed by atoms with E-state index in [9.17, 15) is 39.6 Å². The molecule has 14 heteroatoms. The quantitative estimate of drug-likeness (QED) is 0.204. The van der Waals surface area contributed by atoms with Crippen LogP contribution in [0, 0.1) is 11.8 Å². The number of Topliss-reactive ketones (excluding diaryl/α,β-unsaturated/α-hetero) is 2. The number of primary amides is 1. The number of anilines is 2. The van der Waals surface area contributed by atoms with Crippen LogP contribution in [0.4, 0.5) is 16.3 Å². The summed E-state index contributed by atoms with van der Waals surface area (Å²) < 4.78 is 0. The highest BCUT2D eigenvalue weighted by atomic mass is 35.5. The van der Waals surface area contributed by atoms with Crippen LogP contribution in [0.3, 0.4) is 0 Å². The van der Waals surface area contributed by atoms with E-state index in [1.54, 1.807) is 30.3 Å². The number of aromatic hydroxyl groups is 1. The molecule has 1 aromatic heterocycles. The van der Waals surface area contributed by atoms with Crippen LogP contribution in [0.2, 0.25) is 5.15 Å². The number of aliphatic hydroxyl groups excluding tert-OH is 2. The summed E-state index contributed by atoms with van der Waals surface area (Å²) in [7, 11) is 3.07. The van der Waals surface area contributed by atoms with Crippen molar-refractivity contribution in [1.29, 1.82) is 0 Å². The van der Waals surface area contributed by atoms with Crippen molar-refractivity contribution in [3.8, 4) is 5.75 Å². The number of carbonyl (C=O) groups is 4. The van der Waals surface area contributed by atoms with E-state index in [0.717, 1.165) is 0 Å². The minimum absolute atomic E-state index is 0.0373. The van der Waals surface area contributed by atoms with Crippen molar-refractivity contribution in [2.45, 2.75) is 24.5 Å². The first-order valence-electron chi connectivity index (χ1n) is 12.5. The number of likely N-dealkylation sites (N-methyl/N-ethyl adjacent to an activating group) is 1. The molecule has 41 heavy (non-hydrogen) atoms. The number of ketones is 2. The predicted octanol–water partition coefficient (Wildman–Crippen LogP) is 1.81. The molecule has 0 bridgehead atoms. The number of allylic oxidation sites excluding steroid dienone is 1. The van der Waals surface area contributed by atoms with E-state index in [1.807, 2.05) is 0 Å². The van der Waals surface area contributed by atoms with Crippen LogP contribution < -0.4 is 16.4 Å². The largest absolute Gasteiger partial charge is 0.510 e. The van der Waals surface area contributed by atoms with Gasteiger partial charge in [-0.1, -0.05) is 29.8 Å². The van der Waals surface area contributed by atoms with Gasteiger partial charge in [-0.3, -0.25) is 24.6 Å². The van der Waals surface area contributed by atoms with Crippen molar-refractivity contribution in [3.63, 3.8) is 0 Å². The van der Waals surface area contributed by atoms with Crippen LogP contribution in [0.15, 0.2) is 53.0 Å². The maximum atomic E-state index is 13.8. The first-order chi connectivity index (χ1) is 19.3. The summed E-state index contributed by atoms with van der Waals surface area (Å²) in [6.07, 6.45) is -0.132. The van der Waals surface area contributed by atoms with Crippen molar-refractivity contribution < 1.29 is 39.6 Å². The summed E-state index contributed by atoms with van der Waals surface area (Å²) in [6.45, 7) is 0. The summed E-state index contributed by atoms with van der Waals surface area (Å²) in [5.41, 5.74) is 1.51. The zero-order valence-electron chi connectivity index (χ0n) is 21.8. The van der Waals surface area contributed by atoms with Gasteiger partial charge in [0.25, 0.3) is 5.91 Å². The number of aliphatic hydroxyl groups is 3. The molecule has 8 N–H and O–H groups in total. The number of nitrogens with two attached hydrogens (primary N) is 1. The Morgan fingerprint density at radius 3 is 2.39 bits per heavy atom. The number of halogens is 1. The molecule has 3 amide bonds. The summed E-state index contributed by atoms with van der Waals surface area (Å²) in [5, 5.41) is 49.5. The molecule has 0 unspecified atom stereocenters. The van der Waals surface area contributed by atoms with Crippen molar-refractivity contribution >= 4 is 46.6 Å². The average molecular weight is 584 g/mol. The molecule has 5 rings (SSSR count). The normalized spacial score (nSPS) is 25.4. The van der Waals surface area contributed by atoms with Gasteiger partial charge < -0.3 is 31.5 Å². The topological polar surface area (TPSA) is 215 Å². The Kier molecular flexibility index (Phi) is 6.76. The number of pyridine rings is 1. The highest BCUT2D eigenvalue weighted by molar-refractivity contribution is 6.32. The number of aromatic nitrogens is 1. The zero-order chi connectivity index (χ0) is 30.0. The molecule has 3 aliphatic rings. The number of fused-ring (bicyclic) bond motifs is 3. The Bertz CT molecular complexity index is 1590. The van der Waals surface area contributed by atoms with Gasteiger partial charge in [0.2, 0.25) is 5.78 Å². The lowest BCUT2D eigenvalue weighted by atomic mass is 9.58. The second kappa shape index (κ2) is 9.87. The van der Waals surface area contributed by atoms with E-state index < -0.39 is 75.6 Å². The molecule has 2 aromatic rings. The van der Waals surface area contributed by atoms with Gasteiger partial charge >= 0.3 is 6.03 Å². The molecule has 0 saturated heterocycles. The van der Waals surface area contributed by atoms with Gasteiger partial charge in [0.15, 0.2) is 23.0 Å². The van der Waals surface area contributed by atoms with Crippen molar-refractivity contribution in [1.82, 2.24) is 9.88 Å². The third kappa shape index (κ3) is 4.20. The Labute approximate surface area is 237 Å². The molecular weight excluding hydrogens is 558 g/mol. The van der Waals surface area contributed by atoms with E-state index in [4.69, 9.17) is 17.3 Å². The molecule has 13 nitrogen and oxygen atoms in total. The third-order valence-electron chi connectivity index (χ3n) is 7.80. The minimum Gasteiger partial charge on any atom is -0.510 e. The average Bonchev–Trinajstić information content (AvgIpc) is 2.89. The lowest BCUT2D eigenvalue weighted by Gasteiger charge is -2.50. The highest BCUT2D eigenvalue weighted by Gasteiger charge is 2.63. The number of carbonyl (C=O) groups excluding carboxylic acids is 4. The van der Waals surface area contributed by atoms with Crippen LogP contribution in [0.25, 0.3) is 0 Å². The summed E-state index contributed by atoms with van der Waals surface area (Å²) in [6, 6.07) is 6.48. The number of rotatable bonds is 4. The van der Waals surface area contributed by atoms with Gasteiger partial charge in [-0.05, 0) is 45.0 Å². The van der Waals surface area contributed by atoms with Gasteiger partial charge in [-0.15, -0.1) is 0 Å². The summed E-state index contributed by atoms with van der Waals surface area (Å²) in [4.78, 5) is 57.3. The Morgan fingerprint density at radius 1 is 1.12 bits per heavy atom. The number of benzene rings is 1. The molecule has 0 saturated carbocycles. The van der Waals surface area contributed by atoms with Crippen LogP contribution in [-0.2, 0) is 16.0 Å². The molecule has 0 radical (unpaired) electrons. The minimum atomic E-state index is -2.77. The second-order valence-corrected chi connectivity index (χ2v) is 10.7. The molecule has 0 aliphatic heterocycles. The lowest BCUT2D eigenvalue weighted by molar-refractivity contribution is -0.148. The number of urea groups is 1. The Morgan fingerprint density at radius 2 is 1.78 bits per heavy atom. The first-order valence-corrected chi connectivity index (χ1v) is 12.9. The van der Waals surface area contributed by atoms with Gasteiger partial charge in [0, 0.05) is 22.7 Å². The molecule has 0 fully saturated rings. The van der Waals surface area contributed by atoms with Gasteiger partial charge in [-0.25, -0.2) is 9.78 Å². The first kappa shape index (κ1) is 28.1. The second-order valence-electron chi connectivity index (χ2n) is 10.4. The van der Waals surface area contributed by atoms with Gasteiger partial charge in [0.1, 0.15) is 22.2 Å². The maximum absolute atomic E-state index is 13.8. The van der Waals surface area contributed by atoms with E-state index in [1.165, 1.54) is 19.0 Å². The fourth-order valence-corrected chi connectivity index (χ4v) is 6.30. The van der Waals surface area contributed by atoms with Crippen molar-refractivity contribution in [2.24, 2.45) is 17.6 Å². The fourth-order valence-electron chi connectivity index (χ4n) is 6.04. The highest BCUT2D eigenvalue weighted by Crippen LogP contribution is 2.53. The number of hydrogen-bond acceptors (Lipinski definition) is 10. The summed E-state index contributed by atoms with van der Waals surface area (Å²) >= 11 is 6.40. The van der Waals surface area contributed by atoms with Gasteiger partial charge in [0.05, 0.1) is 11.6 Å². The molecule has 1 aromatic carbocycles. The number of amides is 3. The molecule has 214 valence electrons. The van der Waals surface area contributed by atoms with E-state index >= 15 is 0 Å². The zero-order valence-corrected chi connectivity index (χ0v) is 22.6. The number of hydrogen-bond donors (Lipinski definition) is 7. The van der Waals surface area contributed by atoms with Crippen molar-refractivity contribution in [3.05, 3.63) is 69.3 Å². The van der Waals surface area contributed by atoms with E-state index in [-0.39, 0.29) is 34.7 Å². The van der Waals surface area contributed by atoms with Gasteiger partial charge in [-0.2, -0.15) is 0 Å². The van der Waals surface area contributed by atoms with E-state index in [0.29, 0.717) is 5.69 Å². The van der Waals surface area contributed by atoms with Crippen LogP contribution in [0.5, 0.6) is 5.75 Å². The van der Waals surface area contributed by atoms with Crippen LogP contribution in [0.1, 0.15) is 22.3 Å².